The van der Waals surface area contributed by atoms with Gasteiger partial charge in [0.15, 0.2) is 5.96 Å². The zero-order valence-corrected chi connectivity index (χ0v) is 16.4. The number of fused-ring (bicyclic) bond motifs is 2. The van der Waals surface area contributed by atoms with Crippen molar-refractivity contribution >= 4 is 5.96 Å². The molecule has 27 heavy (non-hydrogen) atoms. The van der Waals surface area contributed by atoms with Crippen molar-refractivity contribution in [1.29, 1.82) is 0 Å². The first-order valence-corrected chi connectivity index (χ1v) is 9.83. The normalized spacial score (nSPS) is 24.4. The summed E-state index contributed by atoms with van der Waals surface area (Å²) in [5.74, 6) is 0.839. The Kier molecular flexibility index (Phi) is 5.16. The summed E-state index contributed by atoms with van der Waals surface area (Å²) >= 11 is 0. The number of guanidine groups is 1. The molecule has 0 amide bonds. The summed E-state index contributed by atoms with van der Waals surface area (Å²) in [5, 5.41) is 11.7. The molecule has 3 unspecified atom stereocenters. The molecule has 6 heteroatoms. The molecule has 0 spiro atoms. The van der Waals surface area contributed by atoms with Crippen LogP contribution in [0.5, 0.6) is 0 Å². The average molecular weight is 367 g/mol. The van der Waals surface area contributed by atoms with Crippen molar-refractivity contribution < 1.29 is 4.74 Å². The second-order valence-electron chi connectivity index (χ2n) is 7.58. The summed E-state index contributed by atoms with van der Waals surface area (Å²) in [6.45, 7) is 5.72. The Balaban J connectivity index is 1.38. The van der Waals surface area contributed by atoms with Gasteiger partial charge in [-0.3, -0.25) is 9.67 Å². The van der Waals surface area contributed by atoms with Gasteiger partial charge in [-0.15, -0.1) is 0 Å². The molecule has 6 nitrogen and oxygen atoms in total. The highest BCUT2D eigenvalue weighted by atomic mass is 16.5. The van der Waals surface area contributed by atoms with Gasteiger partial charge in [-0.05, 0) is 38.7 Å². The molecule has 2 saturated heterocycles. The van der Waals surface area contributed by atoms with E-state index in [-0.39, 0.29) is 0 Å². The zero-order valence-electron chi connectivity index (χ0n) is 16.4. The monoisotopic (exact) mass is 367 g/mol. The largest absolute Gasteiger partial charge is 0.373 e. The van der Waals surface area contributed by atoms with E-state index in [1.165, 1.54) is 23.2 Å². The maximum Gasteiger partial charge on any atom is 0.191 e. The fourth-order valence-electron chi connectivity index (χ4n) is 4.23. The smallest absolute Gasteiger partial charge is 0.191 e. The van der Waals surface area contributed by atoms with Crippen molar-refractivity contribution in [1.82, 2.24) is 20.4 Å². The van der Waals surface area contributed by atoms with Gasteiger partial charge in [0.1, 0.15) is 0 Å². The van der Waals surface area contributed by atoms with Gasteiger partial charge in [0.2, 0.25) is 0 Å². The van der Waals surface area contributed by atoms with Crippen LogP contribution in [-0.4, -0.2) is 41.0 Å². The number of aliphatic imine (C=N–C) groups is 1. The highest BCUT2D eigenvalue weighted by Gasteiger charge is 2.41. The first-order chi connectivity index (χ1) is 13.1. The first-order valence-electron chi connectivity index (χ1n) is 9.83. The van der Waals surface area contributed by atoms with Gasteiger partial charge in [-0.2, -0.15) is 5.10 Å². The standard InChI is InChI=1S/C21H29N5O/c1-14-18(15(2)26(25-14)13-16-7-5-4-6-8-16)12-23-21(22-3)24-19-11-17-9-10-20(19)27-17/h4-8,17,19-20H,9-13H2,1-3H3,(H2,22,23,24). The Morgan fingerprint density at radius 1 is 1.26 bits per heavy atom. The third kappa shape index (κ3) is 3.86. The van der Waals surface area contributed by atoms with Crippen LogP contribution in [0.4, 0.5) is 0 Å². The number of ether oxygens (including phenoxy) is 1. The van der Waals surface area contributed by atoms with E-state index in [0.717, 1.165) is 31.0 Å². The molecular weight excluding hydrogens is 338 g/mol. The molecule has 3 atom stereocenters. The van der Waals surface area contributed by atoms with Crippen LogP contribution in [0.1, 0.15) is 41.8 Å². The summed E-state index contributed by atoms with van der Waals surface area (Å²) < 4.78 is 8.02. The van der Waals surface area contributed by atoms with Gasteiger partial charge in [0, 0.05) is 24.8 Å². The van der Waals surface area contributed by atoms with E-state index in [1.54, 1.807) is 0 Å². The minimum atomic E-state index is 0.339. The first kappa shape index (κ1) is 18.0. The molecule has 2 aliphatic heterocycles. The van der Waals surface area contributed by atoms with Crippen LogP contribution in [-0.2, 0) is 17.8 Å². The maximum absolute atomic E-state index is 5.93. The molecule has 2 N–H and O–H groups in total. The van der Waals surface area contributed by atoms with Gasteiger partial charge in [-0.1, -0.05) is 30.3 Å². The SMILES string of the molecule is CN=C(NCc1c(C)nn(Cc2ccccc2)c1C)NC1CC2CCC1O2. The number of aryl methyl sites for hydroxylation is 1. The van der Waals surface area contributed by atoms with Crippen molar-refractivity contribution in [3.05, 3.63) is 52.8 Å². The lowest BCUT2D eigenvalue weighted by Gasteiger charge is -2.22. The van der Waals surface area contributed by atoms with Crippen LogP contribution in [0.15, 0.2) is 35.3 Å². The van der Waals surface area contributed by atoms with Crippen molar-refractivity contribution in [2.45, 2.75) is 64.4 Å². The Morgan fingerprint density at radius 2 is 2.07 bits per heavy atom. The van der Waals surface area contributed by atoms with Gasteiger partial charge in [0.05, 0.1) is 30.5 Å². The van der Waals surface area contributed by atoms with Crippen LogP contribution in [0.25, 0.3) is 0 Å². The predicted molar refractivity (Wildman–Crippen MR) is 107 cm³/mol. The average Bonchev–Trinajstić information content (AvgIpc) is 3.36. The molecule has 3 heterocycles. The van der Waals surface area contributed by atoms with Gasteiger partial charge < -0.3 is 15.4 Å². The molecule has 2 aromatic rings. The minimum Gasteiger partial charge on any atom is -0.373 e. The Hall–Kier alpha value is -2.34. The Morgan fingerprint density at radius 3 is 2.74 bits per heavy atom. The van der Waals surface area contributed by atoms with E-state index >= 15 is 0 Å². The lowest BCUT2D eigenvalue weighted by Crippen LogP contribution is -2.47. The summed E-state index contributed by atoms with van der Waals surface area (Å²) in [6, 6.07) is 10.8. The zero-order chi connectivity index (χ0) is 18.8. The lowest BCUT2D eigenvalue weighted by atomic mass is 9.96. The molecule has 1 aromatic carbocycles. The van der Waals surface area contributed by atoms with Crippen LogP contribution >= 0.6 is 0 Å². The number of aromatic nitrogens is 2. The number of nitrogens with zero attached hydrogens (tertiary/aromatic N) is 3. The second kappa shape index (κ2) is 7.72. The third-order valence-electron chi connectivity index (χ3n) is 5.79. The number of hydrogen-bond donors (Lipinski definition) is 2. The van der Waals surface area contributed by atoms with E-state index in [9.17, 15) is 0 Å². The summed E-state index contributed by atoms with van der Waals surface area (Å²) in [5.41, 5.74) is 4.76. The molecule has 0 radical (unpaired) electrons. The van der Waals surface area contributed by atoms with Crippen molar-refractivity contribution in [3.63, 3.8) is 0 Å². The highest BCUT2D eigenvalue weighted by Crippen LogP contribution is 2.34. The van der Waals surface area contributed by atoms with Crippen molar-refractivity contribution in [2.24, 2.45) is 4.99 Å². The van der Waals surface area contributed by atoms with Crippen LogP contribution in [0, 0.1) is 13.8 Å². The molecular formula is C21H29N5O. The molecule has 144 valence electrons. The molecule has 4 rings (SSSR count). The van der Waals surface area contributed by atoms with Gasteiger partial charge >= 0.3 is 0 Å². The lowest BCUT2D eigenvalue weighted by molar-refractivity contribution is 0.0992. The van der Waals surface area contributed by atoms with E-state index in [1.807, 2.05) is 13.1 Å². The van der Waals surface area contributed by atoms with Gasteiger partial charge in [0.25, 0.3) is 0 Å². The molecule has 2 fully saturated rings. The van der Waals surface area contributed by atoms with E-state index in [4.69, 9.17) is 9.84 Å². The summed E-state index contributed by atoms with van der Waals surface area (Å²) in [6.07, 6.45) is 4.22. The van der Waals surface area contributed by atoms with Crippen molar-refractivity contribution in [3.8, 4) is 0 Å². The number of hydrogen-bond acceptors (Lipinski definition) is 3. The molecule has 2 aliphatic rings. The van der Waals surface area contributed by atoms with Crippen LogP contribution < -0.4 is 10.6 Å². The fourth-order valence-corrected chi connectivity index (χ4v) is 4.23. The molecule has 2 bridgehead atoms. The summed E-state index contributed by atoms with van der Waals surface area (Å²) in [7, 11) is 1.82. The Bertz CT molecular complexity index is 813. The van der Waals surface area contributed by atoms with Crippen LogP contribution in [0.2, 0.25) is 0 Å². The topological polar surface area (TPSA) is 63.5 Å². The predicted octanol–water partition coefficient (Wildman–Crippen LogP) is 2.53. The minimum absolute atomic E-state index is 0.339. The molecule has 1 aromatic heterocycles. The van der Waals surface area contributed by atoms with Crippen molar-refractivity contribution in [2.75, 3.05) is 7.05 Å². The highest BCUT2D eigenvalue weighted by molar-refractivity contribution is 5.80. The number of nitrogens with one attached hydrogen (secondary N) is 2. The van der Waals surface area contributed by atoms with E-state index in [2.05, 4.69) is 58.4 Å². The molecule has 0 saturated carbocycles. The second-order valence-corrected chi connectivity index (χ2v) is 7.58. The Labute approximate surface area is 161 Å². The van der Waals surface area contributed by atoms with E-state index < -0.39 is 0 Å². The summed E-state index contributed by atoms with van der Waals surface area (Å²) in [4.78, 5) is 4.40. The fraction of sp³-hybridized carbons (Fsp3) is 0.524. The van der Waals surface area contributed by atoms with Gasteiger partial charge in [-0.25, -0.2) is 0 Å². The number of benzene rings is 1. The quantitative estimate of drug-likeness (QED) is 0.630. The molecule has 0 aliphatic carbocycles. The van der Waals surface area contributed by atoms with Crippen LogP contribution in [0.3, 0.4) is 0 Å². The maximum atomic E-state index is 5.93. The number of rotatable bonds is 5. The third-order valence-corrected chi connectivity index (χ3v) is 5.79. The van der Waals surface area contributed by atoms with E-state index in [0.29, 0.717) is 24.8 Å².